The first-order valence-corrected chi connectivity index (χ1v) is 21.4. The summed E-state index contributed by atoms with van der Waals surface area (Å²) in [6.07, 6.45) is -5.61. The summed E-state index contributed by atoms with van der Waals surface area (Å²) in [6, 6.07) is 10.3. The Kier molecular flexibility index (Phi) is 13.8. The summed E-state index contributed by atoms with van der Waals surface area (Å²) in [5.74, 6) is -4.37. The molecule has 1 fully saturated rings. The molecule has 1 amide bonds. The Morgan fingerprint density at radius 2 is 1.69 bits per heavy atom. The second-order valence-electron chi connectivity index (χ2n) is 12.9. The minimum Gasteiger partial charge on any atom is -0.479 e. The highest BCUT2D eigenvalue weighted by Gasteiger charge is 2.46. The van der Waals surface area contributed by atoms with E-state index in [1.54, 1.807) is 20.8 Å². The molecule has 2 aromatic carbocycles. The fraction of sp³-hybridized carbons (Fsp3) is 0.424. The lowest BCUT2D eigenvalue weighted by Crippen LogP contribution is -2.52. The van der Waals surface area contributed by atoms with Crippen molar-refractivity contribution in [1.29, 1.82) is 0 Å². The minimum atomic E-state index is -5.29. The highest BCUT2D eigenvalue weighted by molar-refractivity contribution is 9.10. The second kappa shape index (κ2) is 17.2. The van der Waals surface area contributed by atoms with Gasteiger partial charge in [-0.15, -0.1) is 22.9 Å². The summed E-state index contributed by atoms with van der Waals surface area (Å²) >= 11 is 9.73. The number of nitrogens with one attached hydrogen (secondary N) is 1. The molecule has 0 radical (unpaired) electrons. The maximum Gasteiger partial charge on any atom is 0.471 e. The van der Waals surface area contributed by atoms with Crippen molar-refractivity contribution in [2.45, 2.75) is 57.2 Å². The Balaban J connectivity index is 1.61. The fourth-order valence-electron chi connectivity index (χ4n) is 5.47. The number of halogens is 5. The van der Waals surface area contributed by atoms with Gasteiger partial charge < -0.3 is 19.1 Å². The smallest absolute Gasteiger partial charge is 0.471 e. The van der Waals surface area contributed by atoms with E-state index in [4.69, 9.17) is 25.8 Å². The predicted octanol–water partition coefficient (Wildman–Crippen LogP) is 6.51. The molecule has 0 unspecified atom stereocenters. The zero-order valence-electron chi connectivity index (χ0n) is 29.2. The number of para-hydroxylation sites is 1. The van der Waals surface area contributed by atoms with Crippen LogP contribution in [0.5, 0.6) is 5.75 Å². The number of anilines is 2. The summed E-state index contributed by atoms with van der Waals surface area (Å²) < 4.78 is 113. The van der Waals surface area contributed by atoms with Crippen LogP contribution in [0.2, 0.25) is 0 Å². The third-order valence-corrected chi connectivity index (χ3v) is 13.5. The van der Waals surface area contributed by atoms with Crippen molar-refractivity contribution in [3.05, 3.63) is 63.4 Å². The van der Waals surface area contributed by atoms with Crippen LogP contribution in [0.25, 0.3) is 10.4 Å². The number of methoxy groups -OCH3 is 1. The topological polar surface area (TPSA) is 166 Å². The maximum atomic E-state index is 14.1. The summed E-state index contributed by atoms with van der Waals surface area (Å²) in [7, 11) is -6.92. The van der Waals surface area contributed by atoms with Gasteiger partial charge in [0.15, 0.2) is 17.2 Å². The Morgan fingerprint density at radius 3 is 2.28 bits per heavy atom. The van der Waals surface area contributed by atoms with Crippen LogP contribution in [0.1, 0.15) is 48.8 Å². The number of thiophene rings is 1. The molecule has 0 bridgehead atoms. The molecule has 2 heterocycles. The highest BCUT2D eigenvalue weighted by Crippen LogP contribution is 2.47. The number of sulfonamides is 2. The van der Waals surface area contributed by atoms with Gasteiger partial charge in [0.25, 0.3) is 0 Å². The van der Waals surface area contributed by atoms with Crippen molar-refractivity contribution in [1.82, 2.24) is 4.31 Å². The molecule has 21 heteroatoms. The lowest BCUT2D eigenvalue weighted by Gasteiger charge is -2.38. The first kappa shape index (κ1) is 43.3. The number of ether oxygens (including phenoxy) is 3. The molecule has 3 aromatic rings. The average molecular weight is 903 g/mol. The molecule has 1 aliphatic rings. The quantitative estimate of drug-likeness (QED) is 0.148. The number of carbonyl (C=O) groups excluding carboxylic acids is 3. The van der Waals surface area contributed by atoms with E-state index in [9.17, 15) is 44.4 Å². The third kappa shape index (κ3) is 10.9. The molecule has 0 spiro atoms. The first-order chi connectivity index (χ1) is 25.1. The maximum absolute atomic E-state index is 14.1. The van der Waals surface area contributed by atoms with E-state index in [-0.39, 0.29) is 63.5 Å². The van der Waals surface area contributed by atoms with Crippen LogP contribution in [0.3, 0.4) is 0 Å². The second-order valence-corrected chi connectivity index (χ2v) is 19.0. The van der Waals surface area contributed by atoms with Crippen LogP contribution >= 0.6 is 38.9 Å². The van der Waals surface area contributed by atoms with Gasteiger partial charge in [-0.25, -0.2) is 30.7 Å². The number of benzene rings is 2. The van der Waals surface area contributed by atoms with Crippen LogP contribution in [-0.2, 0) is 44.9 Å². The summed E-state index contributed by atoms with van der Waals surface area (Å²) in [5.41, 5.74) is -0.531. The van der Waals surface area contributed by atoms with Crippen LogP contribution in [0.15, 0.2) is 53.0 Å². The lowest BCUT2D eigenvalue weighted by atomic mass is 10.0. The van der Waals surface area contributed by atoms with E-state index in [1.165, 1.54) is 48.5 Å². The van der Waals surface area contributed by atoms with Gasteiger partial charge in [0.05, 0.1) is 27.9 Å². The molecule has 4 rings (SSSR count). The number of carbonyl (C=O) groups is 3. The normalized spacial score (nSPS) is 14.7. The van der Waals surface area contributed by atoms with Gasteiger partial charge in [0.2, 0.25) is 20.0 Å². The van der Waals surface area contributed by atoms with Gasteiger partial charge in [0, 0.05) is 24.8 Å². The molecular weight excluding hydrogens is 867 g/mol. The van der Waals surface area contributed by atoms with Crippen LogP contribution in [0.4, 0.5) is 24.5 Å². The Hall–Kier alpha value is -3.43. The van der Waals surface area contributed by atoms with Crippen molar-refractivity contribution in [3.63, 3.8) is 0 Å². The van der Waals surface area contributed by atoms with Crippen molar-refractivity contribution in [2.75, 3.05) is 41.6 Å². The lowest BCUT2D eigenvalue weighted by molar-refractivity contribution is -0.171. The fourth-order valence-corrected chi connectivity index (χ4v) is 9.79. The van der Waals surface area contributed by atoms with E-state index in [0.717, 1.165) is 22.8 Å². The number of nitrogens with zero attached hydrogens (tertiary/aromatic N) is 2. The SMILES string of the molecule is COC(=O)c1sc(-c2cccc(N(C(=O)C(F)(F)F)C3CCN(S(=O)(=O)Cc4ccccc4NS(=O)(=O)CCl)CC3)c2)c(Br)c1OCC(=O)OC(C)(C)C. The summed E-state index contributed by atoms with van der Waals surface area (Å²) in [4.78, 5) is 38.9. The number of piperidine rings is 1. The molecule has 1 saturated heterocycles. The minimum absolute atomic E-state index is 0.0104. The standard InChI is InChI=1S/C33H36BrClF3N3O10S3/c1-32(2,3)51-25(42)17-50-27-26(34)28(52-29(27)30(43)49-4)20-9-7-10-23(16-20)41(31(44)33(36,37)38)22-12-14-40(15-13-22)54(47,48)18-21-8-5-6-11-24(21)39-53(45,46)19-35/h5-11,16,22,39H,12-15,17-19H2,1-4H3. The predicted molar refractivity (Wildman–Crippen MR) is 201 cm³/mol. The van der Waals surface area contributed by atoms with E-state index >= 15 is 0 Å². The van der Waals surface area contributed by atoms with Crippen molar-refractivity contribution in [3.8, 4) is 16.2 Å². The molecule has 1 N–H and O–H groups in total. The summed E-state index contributed by atoms with van der Waals surface area (Å²) in [6.45, 7) is 3.95. The van der Waals surface area contributed by atoms with Crippen molar-refractivity contribution < 1.29 is 58.6 Å². The number of alkyl halides is 4. The molecule has 0 aliphatic carbocycles. The largest absolute Gasteiger partial charge is 0.479 e. The zero-order chi connectivity index (χ0) is 40.2. The zero-order valence-corrected chi connectivity index (χ0v) is 34.0. The number of esters is 2. The van der Waals surface area contributed by atoms with Gasteiger partial charge >= 0.3 is 24.0 Å². The van der Waals surface area contributed by atoms with E-state index in [0.29, 0.717) is 9.78 Å². The van der Waals surface area contributed by atoms with Gasteiger partial charge in [-0.1, -0.05) is 30.3 Å². The van der Waals surface area contributed by atoms with E-state index < -0.39 is 73.3 Å². The molecule has 1 aliphatic heterocycles. The Bertz CT molecular complexity index is 2100. The highest BCUT2D eigenvalue weighted by atomic mass is 79.9. The molecule has 13 nitrogen and oxygen atoms in total. The van der Waals surface area contributed by atoms with Crippen molar-refractivity contribution >= 4 is 88.1 Å². The van der Waals surface area contributed by atoms with Crippen LogP contribution in [0, 0.1) is 0 Å². The Labute approximate surface area is 327 Å². The number of amides is 1. The molecule has 0 saturated carbocycles. The molecule has 1 aromatic heterocycles. The molecule has 296 valence electrons. The van der Waals surface area contributed by atoms with E-state index in [1.807, 2.05) is 0 Å². The average Bonchev–Trinajstić information content (AvgIpc) is 3.42. The van der Waals surface area contributed by atoms with Gasteiger partial charge in [-0.05, 0) is 78.9 Å². The number of hydrogen-bond donors (Lipinski definition) is 1. The first-order valence-electron chi connectivity index (χ1n) is 15.9. The number of hydrogen-bond acceptors (Lipinski definition) is 11. The summed E-state index contributed by atoms with van der Waals surface area (Å²) in [5, 5.41) is -0.762. The molecule has 54 heavy (non-hydrogen) atoms. The Morgan fingerprint density at radius 1 is 1.04 bits per heavy atom. The van der Waals surface area contributed by atoms with Gasteiger partial charge in [-0.3, -0.25) is 9.52 Å². The third-order valence-electron chi connectivity index (χ3n) is 7.73. The van der Waals surface area contributed by atoms with Crippen molar-refractivity contribution in [2.24, 2.45) is 0 Å². The van der Waals surface area contributed by atoms with Gasteiger partial charge in [0.1, 0.15) is 10.8 Å². The molecular formula is C33H36BrClF3N3O10S3. The van der Waals surface area contributed by atoms with Gasteiger partial charge in [-0.2, -0.15) is 13.2 Å². The van der Waals surface area contributed by atoms with Crippen LogP contribution in [-0.4, -0.2) is 88.8 Å². The monoisotopic (exact) mass is 901 g/mol. The van der Waals surface area contributed by atoms with E-state index in [2.05, 4.69) is 20.7 Å². The van der Waals surface area contributed by atoms with Crippen LogP contribution < -0.4 is 14.4 Å². The number of rotatable bonds is 13. The molecule has 0 atom stereocenters.